The first kappa shape index (κ1) is 14.8. The van der Waals surface area contributed by atoms with E-state index >= 15 is 0 Å². The smallest absolute Gasteiger partial charge is 0.269 e. The van der Waals surface area contributed by atoms with Crippen molar-refractivity contribution in [3.05, 3.63) is 61.2 Å². The van der Waals surface area contributed by atoms with E-state index in [-0.39, 0.29) is 15.9 Å². The van der Waals surface area contributed by atoms with E-state index in [1.54, 1.807) is 12.1 Å². The van der Waals surface area contributed by atoms with E-state index < -0.39 is 4.92 Å². The first-order valence-corrected chi connectivity index (χ1v) is 6.59. The van der Waals surface area contributed by atoms with E-state index in [4.69, 9.17) is 34.8 Å². The molecular weight excluding hydrogens is 325 g/mol. The van der Waals surface area contributed by atoms with E-state index in [9.17, 15) is 10.1 Å². The van der Waals surface area contributed by atoms with Crippen LogP contribution in [0.25, 0.3) is 0 Å². The highest BCUT2D eigenvalue weighted by Gasteiger charge is 2.08. The zero-order valence-electron chi connectivity index (χ0n) is 9.94. The third-order valence-electron chi connectivity index (χ3n) is 2.49. The summed E-state index contributed by atoms with van der Waals surface area (Å²) in [7, 11) is 0. The van der Waals surface area contributed by atoms with Gasteiger partial charge in [-0.2, -0.15) is 0 Å². The van der Waals surface area contributed by atoms with Gasteiger partial charge in [0, 0.05) is 18.7 Å². The van der Waals surface area contributed by atoms with Crippen molar-refractivity contribution in [3.8, 4) is 0 Å². The summed E-state index contributed by atoms with van der Waals surface area (Å²) in [5, 5.41) is 14.3. The molecule has 5 nitrogen and oxygen atoms in total. The van der Waals surface area contributed by atoms with Crippen molar-refractivity contribution in [2.45, 2.75) is 6.54 Å². The molecule has 2 aromatic rings. The maximum atomic E-state index is 10.5. The van der Waals surface area contributed by atoms with Crippen LogP contribution in [0.2, 0.25) is 15.2 Å². The maximum Gasteiger partial charge on any atom is 0.269 e. The number of nitrogens with zero attached hydrogens (tertiary/aromatic N) is 2. The van der Waals surface area contributed by atoms with Gasteiger partial charge in [0.25, 0.3) is 5.69 Å². The van der Waals surface area contributed by atoms with Gasteiger partial charge in [-0.05, 0) is 11.6 Å². The Bertz CT molecular complexity index is 647. The van der Waals surface area contributed by atoms with Gasteiger partial charge in [-0.15, -0.1) is 0 Å². The molecule has 1 aromatic carbocycles. The van der Waals surface area contributed by atoms with Crippen LogP contribution < -0.4 is 5.32 Å². The number of halogens is 3. The molecule has 0 fully saturated rings. The van der Waals surface area contributed by atoms with Crippen molar-refractivity contribution in [2.75, 3.05) is 5.32 Å². The summed E-state index contributed by atoms with van der Waals surface area (Å²) in [4.78, 5) is 14.1. The van der Waals surface area contributed by atoms with E-state index in [1.165, 1.54) is 18.2 Å². The van der Waals surface area contributed by atoms with Crippen molar-refractivity contribution in [3.63, 3.8) is 0 Å². The van der Waals surface area contributed by atoms with Crippen LogP contribution in [-0.4, -0.2) is 9.91 Å². The van der Waals surface area contributed by atoms with Crippen LogP contribution in [0.4, 0.5) is 11.5 Å². The number of nitrogens with one attached hydrogen (secondary N) is 1. The quantitative estimate of drug-likeness (QED) is 0.506. The lowest BCUT2D eigenvalue weighted by Gasteiger charge is -2.08. The summed E-state index contributed by atoms with van der Waals surface area (Å²) in [6.45, 7) is 0.405. The molecule has 1 heterocycles. The summed E-state index contributed by atoms with van der Waals surface area (Å²) < 4.78 is 0. The molecule has 0 saturated carbocycles. The first-order valence-electron chi connectivity index (χ1n) is 5.46. The highest BCUT2D eigenvalue weighted by Crippen LogP contribution is 2.29. The summed E-state index contributed by atoms with van der Waals surface area (Å²) in [5.41, 5.74) is 0.888. The van der Waals surface area contributed by atoms with E-state index in [1.807, 2.05) is 0 Å². The number of aromatic nitrogens is 1. The lowest BCUT2D eigenvalue weighted by molar-refractivity contribution is -0.384. The molecule has 0 spiro atoms. The fraction of sp³-hybridized carbons (Fsp3) is 0.0833. The number of benzene rings is 1. The largest absolute Gasteiger partial charge is 0.365 e. The van der Waals surface area contributed by atoms with Crippen LogP contribution in [0.1, 0.15) is 5.56 Å². The molecule has 0 saturated heterocycles. The van der Waals surface area contributed by atoms with E-state index in [0.717, 1.165) is 5.56 Å². The summed E-state index contributed by atoms with van der Waals surface area (Å²) in [6.07, 6.45) is 0. The van der Waals surface area contributed by atoms with Crippen molar-refractivity contribution < 1.29 is 4.92 Å². The molecule has 20 heavy (non-hydrogen) atoms. The minimum Gasteiger partial charge on any atom is -0.365 e. The molecule has 0 aliphatic carbocycles. The zero-order valence-corrected chi connectivity index (χ0v) is 12.2. The highest BCUT2D eigenvalue weighted by atomic mass is 35.5. The number of nitro benzene ring substituents is 1. The number of anilines is 1. The van der Waals surface area contributed by atoms with Gasteiger partial charge in [-0.25, -0.2) is 4.98 Å². The topological polar surface area (TPSA) is 68.1 Å². The molecule has 0 atom stereocenters. The van der Waals surface area contributed by atoms with E-state index in [0.29, 0.717) is 17.4 Å². The molecule has 1 aromatic heterocycles. The Balaban J connectivity index is 2.09. The Morgan fingerprint density at radius 1 is 1.15 bits per heavy atom. The summed E-state index contributed by atoms with van der Waals surface area (Å²) in [6, 6.07) is 7.66. The predicted molar refractivity (Wildman–Crippen MR) is 79.7 cm³/mol. The van der Waals surface area contributed by atoms with Crippen LogP contribution in [0.15, 0.2) is 30.3 Å². The number of hydrogen-bond acceptors (Lipinski definition) is 4. The molecular formula is C12H8Cl3N3O2. The summed E-state index contributed by atoms with van der Waals surface area (Å²) in [5.74, 6) is 0.402. The monoisotopic (exact) mass is 331 g/mol. The Morgan fingerprint density at radius 2 is 1.80 bits per heavy atom. The lowest BCUT2D eigenvalue weighted by Crippen LogP contribution is -2.02. The van der Waals surface area contributed by atoms with Crippen molar-refractivity contribution in [2.24, 2.45) is 0 Å². The Kier molecular flexibility index (Phi) is 4.65. The second-order valence-corrected chi connectivity index (χ2v) is 5.04. The Morgan fingerprint density at radius 3 is 2.40 bits per heavy atom. The second-order valence-electron chi connectivity index (χ2n) is 3.87. The second kappa shape index (κ2) is 6.26. The van der Waals surface area contributed by atoms with Gasteiger partial charge < -0.3 is 5.32 Å². The number of non-ortho nitro benzene ring substituents is 1. The molecule has 0 bridgehead atoms. The van der Waals surface area contributed by atoms with Gasteiger partial charge >= 0.3 is 0 Å². The van der Waals surface area contributed by atoms with E-state index in [2.05, 4.69) is 10.3 Å². The van der Waals surface area contributed by atoms with Crippen molar-refractivity contribution in [1.29, 1.82) is 0 Å². The molecule has 0 aliphatic heterocycles. The van der Waals surface area contributed by atoms with Gasteiger partial charge in [-0.1, -0.05) is 46.9 Å². The normalized spacial score (nSPS) is 10.3. The van der Waals surface area contributed by atoms with Gasteiger partial charge in [-0.3, -0.25) is 10.1 Å². The van der Waals surface area contributed by atoms with Crippen LogP contribution in [-0.2, 0) is 6.54 Å². The Hall–Kier alpha value is -1.56. The standard InChI is InChI=1S/C12H8Cl3N3O2/c13-9-5-10(14)12(17-11(9)15)16-6-7-1-3-8(4-2-7)18(19)20/h1-5H,6H2,(H,16,17). The van der Waals surface area contributed by atoms with Crippen LogP contribution >= 0.6 is 34.8 Å². The van der Waals surface area contributed by atoms with Crippen molar-refractivity contribution >= 4 is 46.3 Å². The van der Waals surface area contributed by atoms with Gasteiger partial charge in [0.1, 0.15) is 11.0 Å². The average molecular weight is 333 g/mol. The fourth-order valence-corrected chi connectivity index (χ4v) is 2.05. The van der Waals surface area contributed by atoms with Crippen LogP contribution in [0.5, 0.6) is 0 Å². The molecule has 0 aliphatic rings. The fourth-order valence-electron chi connectivity index (χ4n) is 1.49. The van der Waals surface area contributed by atoms with Crippen LogP contribution in [0, 0.1) is 10.1 Å². The molecule has 0 unspecified atom stereocenters. The number of hydrogen-bond donors (Lipinski definition) is 1. The predicted octanol–water partition coefficient (Wildman–Crippen LogP) is 4.56. The average Bonchev–Trinajstić information content (AvgIpc) is 2.42. The zero-order chi connectivity index (χ0) is 14.7. The van der Waals surface area contributed by atoms with Crippen LogP contribution in [0.3, 0.4) is 0 Å². The third kappa shape index (κ3) is 3.50. The minimum atomic E-state index is -0.450. The number of pyridine rings is 1. The molecule has 1 N–H and O–H groups in total. The first-order chi connectivity index (χ1) is 9.47. The van der Waals surface area contributed by atoms with Gasteiger partial charge in [0.15, 0.2) is 0 Å². The maximum absolute atomic E-state index is 10.5. The minimum absolute atomic E-state index is 0.0412. The Labute approximate surface area is 129 Å². The number of rotatable bonds is 4. The molecule has 104 valence electrons. The molecule has 8 heteroatoms. The summed E-state index contributed by atoms with van der Waals surface area (Å²) >= 11 is 17.6. The lowest BCUT2D eigenvalue weighted by atomic mass is 10.2. The van der Waals surface area contributed by atoms with Gasteiger partial charge in [0.2, 0.25) is 0 Å². The molecule has 2 rings (SSSR count). The SMILES string of the molecule is O=[N+]([O-])c1ccc(CNc2nc(Cl)c(Cl)cc2Cl)cc1. The van der Waals surface area contributed by atoms with Gasteiger partial charge in [0.05, 0.1) is 15.0 Å². The highest BCUT2D eigenvalue weighted by molar-refractivity contribution is 6.42. The van der Waals surface area contributed by atoms with Crippen molar-refractivity contribution in [1.82, 2.24) is 4.98 Å². The molecule has 0 radical (unpaired) electrons. The molecule has 0 amide bonds. The third-order valence-corrected chi connectivity index (χ3v) is 3.45. The number of nitro groups is 1.